The van der Waals surface area contributed by atoms with Crippen molar-refractivity contribution < 1.29 is 18.7 Å². The molecule has 2 amide bonds. The molecule has 0 aliphatic carbocycles. The molecule has 0 aliphatic rings. The molecule has 0 aromatic carbocycles. The van der Waals surface area contributed by atoms with Gasteiger partial charge in [0.15, 0.2) is 0 Å². The zero-order chi connectivity index (χ0) is 15.1. The average molecular weight is 310 g/mol. The largest absolute Gasteiger partial charge is 0.449 e. The van der Waals surface area contributed by atoms with Crippen LogP contribution in [-0.4, -0.2) is 28.8 Å². The molecular weight excluding hydrogens is 296 g/mol. The van der Waals surface area contributed by atoms with Gasteiger partial charge in [-0.25, -0.2) is 10.2 Å². The number of nitrogens with one attached hydrogen (secondary N) is 2. The smallest absolute Gasteiger partial charge is 0.426 e. The number of aryl methyl sites for hydroxylation is 1. The van der Waals surface area contributed by atoms with E-state index in [2.05, 4.69) is 25.8 Å². The molecule has 0 saturated heterocycles. The molecule has 2 heterocycles. The van der Waals surface area contributed by atoms with Gasteiger partial charge in [0.25, 0.3) is 0 Å². The van der Waals surface area contributed by atoms with Gasteiger partial charge in [0.2, 0.25) is 17.7 Å². The molecular formula is C12H14N4O4S. The number of amides is 2. The standard InChI is InChI=1S/C12H14N4O4S/c1-2-19-12(18)16-13-9(17)3-4-10-14-15-11(20-10)8-5-6-21-7-8/h5-7H,2-4H2,1H3,(H,13,17)(H,16,18). The maximum absolute atomic E-state index is 11.5. The van der Waals surface area contributed by atoms with E-state index in [4.69, 9.17) is 4.42 Å². The lowest BCUT2D eigenvalue weighted by molar-refractivity contribution is -0.122. The predicted molar refractivity (Wildman–Crippen MR) is 74.2 cm³/mol. The van der Waals surface area contributed by atoms with E-state index >= 15 is 0 Å². The molecule has 2 aromatic heterocycles. The fourth-order valence-electron chi connectivity index (χ4n) is 1.43. The number of ether oxygens (including phenoxy) is 1. The van der Waals surface area contributed by atoms with Crippen LogP contribution < -0.4 is 10.9 Å². The van der Waals surface area contributed by atoms with E-state index in [1.807, 2.05) is 16.8 Å². The number of rotatable bonds is 5. The molecule has 112 valence electrons. The summed E-state index contributed by atoms with van der Waals surface area (Å²) in [7, 11) is 0. The van der Waals surface area contributed by atoms with Crippen LogP contribution in [0.4, 0.5) is 4.79 Å². The Hall–Kier alpha value is -2.42. The lowest BCUT2D eigenvalue weighted by Crippen LogP contribution is -2.42. The molecule has 21 heavy (non-hydrogen) atoms. The van der Waals surface area contributed by atoms with Crippen molar-refractivity contribution in [3.05, 3.63) is 22.7 Å². The van der Waals surface area contributed by atoms with E-state index in [1.165, 1.54) is 11.3 Å². The van der Waals surface area contributed by atoms with Crippen molar-refractivity contribution in [3.63, 3.8) is 0 Å². The first kappa shape index (κ1) is 15.0. The minimum absolute atomic E-state index is 0.109. The number of aromatic nitrogens is 2. The van der Waals surface area contributed by atoms with Crippen LogP contribution in [0.3, 0.4) is 0 Å². The van der Waals surface area contributed by atoms with E-state index in [0.717, 1.165) is 5.56 Å². The zero-order valence-electron chi connectivity index (χ0n) is 11.3. The van der Waals surface area contributed by atoms with Gasteiger partial charge in [0, 0.05) is 23.8 Å². The number of nitrogens with zero attached hydrogens (tertiary/aromatic N) is 2. The number of hydrogen-bond acceptors (Lipinski definition) is 7. The summed E-state index contributed by atoms with van der Waals surface area (Å²) in [6.07, 6.45) is -0.311. The third kappa shape index (κ3) is 4.56. The molecule has 0 atom stereocenters. The normalized spacial score (nSPS) is 10.1. The molecule has 2 aromatic rings. The minimum atomic E-state index is -0.705. The van der Waals surface area contributed by atoms with E-state index in [0.29, 0.717) is 11.8 Å². The first-order valence-electron chi connectivity index (χ1n) is 6.25. The van der Waals surface area contributed by atoms with Gasteiger partial charge in [0.1, 0.15) is 0 Å². The highest BCUT2D eigenvalue weighted by atomic mass is 32.1. The summed E-state index contributed by atoms with van der Waals surface area (Å²) < 4.78 is 10.0. The Bertz CT molecular complexity index is 596. The second-order valence-electron chi connectivity index (χ2n) is 3.91. The number of hydrazine groups is 1. The lowest BCUT2D eigenvalue weighted by atomic mass is 10.3. The molecule has 9 heteroatoms. The van der Waals surface area contributed by atoms with Crippen LogP contribution in [0.1, 0.15) is 19.2 Å². The number of carbonyl (C=O) groups is 2. The fourth-order valence-corrected chi connectivity index (χ4v) is 2.06. The van der Waals surface area contributed by atoms with E-state index in [1.54, 1.807) is 6.92 Å². The first-order chi connectivity index (χ1) is 10.2. The molecule has 0 bridgehead atoms. The van der Waals surface area contributed by atoms with Crippen molar-refractivity contribution in [2.45, 2.75) is 19.8 Å². The molecule has 2 N–H and O–H groups in total. The van der Waals surface area contributed by atoms with Crippen LogP contribution in [0.25, 0.3) is 11.5 Å². The van der Waals surface area contributed by atoms with Crippen LogP contribution in [-0.2, 0) is 16.0 Å². The highest BCUT2D eigenvalue weighted by Gasteiger charge is 2.11. The Morgan fingerprint density at radius 1 is 1.38 bits per heavy atom. The van der Waals surface area contributed by atoms with Crippen LogP contribution in [0.2, 0.25) is 0 Å². The zero-order valence-corrected chi connectivity index (χ0v) is 12.1. The number of hydrogen-bond donors (Lipinski definition) is 2. The van der Waals surface area contributed by atoms with Crippen molar-refractivity contribution in [3.8, 4) is 11.5 Å². The molecule has 2 rings (SSSR count). The fraction of sp³-hybridized carbons (Fsp3) is 0.333. The van der Waals surface area contributed by atoms with Crippen molar-refractivity contribution in [2.75, 3.05) is 6.61 Å². The Kier molecular flexibility index (Phi) is 5.27. The van der Waals surface area contributed by atoms with Gasteiger partial charge in [-0.05, 0) is 18.4 Å². The molecule has 0 unspecified atom stereocenters. The number of thiophene rings is 1. The van der Waals surface area contributed by atoms with Gasteiger partial charge in [-0.2, -0.15) is 11.3 Å². The van der Waals surface area contributed by atoms with Crippen LogP contribution in [0.5, 0.6) is 0 Å². The summed E-state index contributed by atoms with van der Waals surface area (Å²) in [6, 6.07) is 1.87. The monoisotopic (exact) mass is 310 g/mol. The van der Waals surface area contributed by atoms with Crippen LogP contribution >= 0.6 is 11.3 Å². The maximum atomic E-state index is 11.5. The van der Waals surface area contributed by atoms with Gasteiger partial charge in [-0.15, -0.1) is 10.2 Å². The van der Waals surface area contributed by atoms with E-state index < -0.39 is 6.09 Å². The van der Waals surface area contributed by atoms with Crippen molar-refractivity contribution in [2.24, 2.45) is 0 Å². The molecule has 0 spiro atoms. The lowest BCUT2D eigenvalue weighted by Gasteiger charge is -2.05. The van der Waals surface area contributed by atoms with Gasteiger partial charge >= 0.3 is 6.09 Å². The Morgan fingerprint density at radius 3 is 2.95 bits per heavy atom. The molecule has 0 radical (unpaired) electrons. The van der Waals surface area contributed by atoms with Gasteiger partial charge in [-0.1, -0.05) is 0 Å². The molecule has 0 saturated carbocycles. The predicted octanol–water partition coefficient (Wildman–Crippen LogP) is 1.51. The molecule has 0 aliphatic heterocycles. The van der Waals surface area contributed by atoms with Gasteiger partial charge < -0.3 is 9.15 Å². The minimum Gasteiger partial charge on any atom is -0.449 e. The second kappa shape index (κ2) is 7.39. The summed E-state index contributed by atoms with van der Waals surface area (Å²) >= 11 is 1.53. The highest BCUT2D eigenvalue weighted by molar-refractivity contribution is 7.08. The van der Waals surface area contributed by atoms with E-state index in [9.17, 15) is 9.59 Å². The van der Waals surface area contributed by atoms with Gasteiger partial charge in [-0.3, -0.25) is 10.2 Å². The SMILES string of the molecule is CCOC(=O)NNC(=O)CCc1nnc(-c2ccsc2)o1. The summed E-state index contributed by atoms with van der Waals surface area (Å²) in [5.74, 6) is 0.414. The topological polar surface area (TPSA) is 106 Å². The maximum Gasteiger partial charge on any atom is 0.426 e. The summed E-state index contributed by atoms with van der Waals surface area (Å²) in [4.78, 5) is 22.5. The molecule has 0 fully saturated rings. The highest BCUT2D eigenvalue weighted by Crippen LogP contribution is 2.20. The van der Waals surface area contributed by atoms with Crippen molar-refractivity contribution in [1.82, 2.24) is 21.0 Å². The van der Waals surface area contributed by atoms with E-state index in [-0.39, 0.29) is 25.4 Å². The second-order valence-corrected chi connectivity index (χ2v) is 4.69. The summed E-state index contributed by atoms with van der Waals surface area (Å²) in [5.41, 5.74) is 5.20. The number of carbonyl (C=O) groups excluding carboxylic acids is 2. The Labute approximate surface area is 124 Å². The first-order valence-corrected chi connectivity index (χ1v) is 7.20. The third-order valence-electron chi connectivity index (χ3n) is 2.38. The molecule has 8 nitrogen and oxygen atoms in total. The van der Waals surface area contributed by atoms with Crippen LogP contribution in [0.15, 0.2) is 21.2 Å². The quantitative estimate of drug-likeness (QED) is 0.811. The summed E-state index contributed by atoms with van der Waals surface area (Å²) in [6.45, 7) is 1.90. The van der Waals surface area contributed by atoms with Gasteiger partial charge in [0.05, 0.1) is 6.61 Å². The third-order valence-corrected chi connectivity index (χ3v) is 3.06. The average Bonchev–Trinajstić information content (AvgIpc) is 3.13. The van der Waals surface area contributed by atoms with Crippen LogP contribution in [0, 0.1) is 0 Å². The Morgan fingerprint density at radius 2 is 2.24 bits per heavy atom. The summed E-state index contributed by atoms with van der Waals surface area (Å²) in [5, 5.41) is 11.6. The van der Waals surface area contributed by atoms with Crippen molar-refractivity contribution >= 4 is 23.3 Å². The Balaban J connectivity index is 1.75. The van der Waals surface area contributed by atoms with Crippen molar-refractivity contribution in [1.29, 1.82) is 0 Å².